The van der Waals surface area contributed by atoms with Gasteiger partial charge in [-0.15, -0.1) is 0 Å². The third kappa shape index (κ3) is 2.65. The van der Waals surface area contributed by atoms with Crippen LogP contribution in [0.1, 0.15) is 113 Å². The van der Waals surface area contributed by atoms with Gasteiger partial charge in [-0.2, -0.15) is 0 Å². The monoisotopic (exact) mass is 426 g/mol. The molecule has 0 bridgehead atoms. The molecular formula is C30H50O. The van der Waals surface area contributed by atoms with Crippen LogP contribution < -0.4 is 0 Å². The molecule has 0 aromatic rings. The predicted octanol–water partition coefficient (Wildman–Crippen LogP) is 8.02. The van der Waals surface area contributed by atoms with Crippen LogP contribution in [0.2, 0.25) is 0 Å². The van der Waals surface area contributed by atoms with Crippen LogP contribution in [0.3, 0.4) is 0 Å². The van der Waals surface area contributed by atoms with Crippen LogP contribution in [0.15, 0.2) is 12.2 Å². The first-order chi connectivity index (χ1) is 14.3. The van der Waals surface area contributed by atoms with Gasteiger partial charge in [0.1, 0.15) is 0 Å². The summed E-state index contributed by atoms with van der Waals surface area (Å²) in [5.74, 6) is 3.98. The van der Waals surface area contributed by atoms with Gasteiger partial charge < -0.3 is 5.11 Å². The summed E-state index contributed by atoms with van der Waals surface area (Å²) in [6, 6.07) is 0. The normalized spacial score (nSPS) is 57.9. The number of rotatable bonds is 1. The third-order valence-corrected chi connectivity index (χ3v) is 13.5. The van der Waals surface area contributed by atoms with Crippen molar-refractivity contribution in [2.75, 3.05) is 0 Å². The Morgan fingerprint density at radius 3 is 2.13 bits per heavy atom. The topological polar surface area (TPSA) is 20.2 Å². The lowest BCUT2D eigenvalue weighted by atomic mass is 9.32. The summed E-state index contributed by atoms with van der Waals surface area (Å²) in [5.41, 5.74) is 3.38. The van der Waals surface area contributed by atoms with Crippen molar-refractivity contribution in [2.45, 2.75) is 119 Å². The second kappa shape index (κ2) is 6.64. The van der Waals surface area contributed by atoms with Crippen molar-refractivity contribution in [1.29, 1.82) is 0 Å². The standard InChI is InChI=1S/C30H50O/c1-19(2)20-11-14-27(5)17-18-29(7)21(25(20)27)9-10-23-28(6)15-13-24(31)26(3,4)22(28)12-16-30(23,29)8/h20-25,31H,1,9-18H2,2-8H3/t20-,21-,22+,23-,24+,25-,27+,28-,29+,30+/m0/s1. The summed E-state index contributed by atoms with van der Waals surface area (Å²) in [7, 11) is 0. The van der Waals surface area contributed by atoms with E-state index < -0.39 is 0 Å². The van der Waals surface area contributed by atoms with Gasteiger partial charge in [0.05, 0.1) is 6.10 Å². The maximum atomic E-state index is 10.9. The molecule has 0 aromatic heterocycles. The number of hydrogen-bond acceptors (Lipinski definition) is 1. The van der Waals surface area contributed by atoms with Crippen molar-refractivity contribution >= 4 is 0 Å². The van der Waals surface area contributed by atoms with Gasteiger partial charge in [0.15, 0.2) is 0 Å². The fraction of sp³-hybridized carbons (Fsp3) is 0.933. The van der Waals surface area contributed by atoms with Gasteiger partial charge in [-0.25, -0.2) is 0 Å². The van der Waals surface area contributed by atoms with Crippen LogP contribution in [0.4, 0.5) is 0 Å². The average molecular weight is 427 g/mol. The highest BCUT2D eigenvalue weighted by atomic mass is 16.3. The Hall–Kier alpha value is -0.300. The smallest absolute Gasteiger partial charge is 0.0594 e. The van der Waals surface area contributed by atoms with Crippen molar-refractivity contribution in [1.82, 2.24) is 0 Å². The van der Waals surface area contributed by atoms with E-state index in [-0.39, 0.29) is 11.5 Å². The van der Waals surface area contributed by atoms with Gasteiger partial charge in [0.2, 0.25) is 0 Å². The molecule has 0 unspecified atom stereocenters. The first-order valence-electron chi connectivity index (χ1n) is 13.6. The molecule has 0 spiro atoms. The zero-order valence-corrected chi connectivity index (χ0v) is 21.7. The molecular weight excluding hydrogens is 376 g/mol. The van der Waals surface area contributed by atoms with Gasteiger partial charge in [0.25, 0.3) is 0 Å². The Bertz CT molecular complexity index is 766. The highest BCUT2D eigenvalue weighted by Crippen LogP contribution is 2.77. The minimum atomic E-state index is -0.118. The summed E-state index contributed by atoms with van der Waals surface area (Å²) in [6.45, 7) is 22.3. The molecule has 5 saturated carbocycles. The SMILES string of the molecule is C=C(C)[C@@H]1CC[C@]2(C)CC[C@]3(C)[C@@H](CC[C@H]4[C@@]5(C)CC[C@@H](O)C(C)(C)[C@H]5CC[C@]43C)[C@H]12. The Balaban J connectivity index is 1.54. The molecule has 0 aliphatic heterocycles. The Morgan fingerprint density at radius 1 is 0.742 bits per heavy atom. The maximum Gasteiger partial charge on any atom is 0.0594 e. The van der Waals surface area contributed by atoms with Gasteiger partial charge >= 0.3 is 0 Å². The fourth-order valence-electron chi connectivity index (χ4n) is 11.5. The molecule has 5 aliphatic carbocycles. The Labute approximate surface area is 192 Å². The minimum absolute atomic E-state index is 0.0632. The number of aliphatic hydroxyl groups excluding tert-OH is 1. The Morgan fingerprint density at radius 2 is 1.45 bits per heavy atom. The van der Waals surface area contributed by atoms with Gasteiger partial charge in [-0.3, -0.25) is 0 Å². The van der Waals surface area contributed by atoms with E-state index in [4.69, 9.17) is 0 Å². The van der Waals surface area contributed by atoms with Gasteiger partial charge in [0, 0.05) is 0 Å². The van der Waals surface area contributed by atoms with Crippen LogP contribution in [0.5, 0.6) is 0 Å². The first kappa shape index (κ1) is 22.5. The molecule has 0 aromatic carbocycles. The molecule has 31 heavy (non-hydrogen) atoms. The molecule has 1 nitrogen and oxygen atoms in total. The highest BCUT2D eigenvalue weighted by molar-refractivity contribution is 5.21. The summed E-state index contributed by atoms with van der Waals surface area (Å²) < 4.78 is 0. The van der Waals surface area contributed by atoms with E-state index in [9.17, 15) is 5.11 Å². The van der Waals surface area contributed by atoms with E-state index in [1.807, 2.05) is 0 Å². The van der Waals surface area contributed by atoms with Crippen molar-refractivity contribution in [3.8, 4) is 0 Å². The van der Waals surface area contributed by atoms with Crippen LogP contribution >= 0.6 is 0 Å². The second-order valence-electron chi connectivity index (χ2n) is 14.7. The quantitative estimate of drug-likeness (QED) is 0.421. The van der Waals surface area contributed by atoms with E-state index in [2.05, 4.69) is 55.0 Å². The third-order valence-electron chi connectivity index (χ3n) is 13.5. The molecule has 0 saturated heterocycles. The van der Waals surface area contributed by atoms with Crippen LogP contribution in [-0.2, 0) is 0 Å². The molecule has 5 rings (SSSR count). The van der Waals surface area contributed by atoms with E-state index in [1.165, 1.54) is 63.4 Å². The number of allylic oxidation sites excluding steroid dienone is 1. The molecule has 0 heterocycles. The molecule has 0 amide bonds. The zero-order valence-electron chi connectivity index (χ0n) is 21.7. The lowest BCUT2D eigenvalue weighted by Gasteiger charge is -2.73. The Kier molecular flexibility index (Phi) is 4.82. The maximum absolute atomic E-state index is 10.9. The average Bonchev–Trinajstić information content (AvgIpc) is 3.04. The van der Waals surface area contributed by atoms with Crippen LogP contribution in [-0.4, -0.2) is 11.2 Å². The molecule has 176 valence electrons. The number of fused-ring (bicyclic) bond motifs is 7. The van der Waals surface area contributed by atoms with E-state index in [0.29, 0.717) is 27.6 Å². The molecule has 1 N–H and O–H groups in total. The van der Waals surface area contributed by atoms with Crippen molar-refractivity contribution < 1.29 is 5.11 Å². The molecule has 0 radical (unpaired) electrons. The van der Waals surface area contributed by atoms with E-state index in [1.54, 1.807) is 0 Å². The van der Waals surface area contributed by atoms with Crippen molar-refractivity contribution in [2.24, 2.45) is 56.7 Å². The largest absolute Gasteiger partial charge is 0.393 e. The number of aliphatic hydroxyl groups is 1. The summed E-state index contributed by atoms with van der Waals surface area (Å²) >= 11 is 0. The zero-order chi connectivity index (χ0) is 22.6. The summed E-state index contributed by atoms with van der Waals surface area (Å²) in [5, 5.41) is 10.9. The second-order valence-corrected chi connectivity index (χ2v) is 14.7. The minimum Gasteiger partial charge on any atom is -0.393 e. The predicted molar refractivity (Wildman–Crippen MR) is 131 cm³/mol. The molecule has 10 atom stereocenters. The van der Waals surface area contributed by atoms with Crippen molar-refractivity contribution in [3.63, 3.8) is 0 Å². The van der Waals surface area contributed by atoms with E-state index >= 15 is 0 Å². The fourth-order valence-corrected chi connectivity index (χ4v) is 11.5. The van der Waals surface area contributed by atoms with Gasteiger partial charge in [-0.1, -0.05) is 53.7 Å². The molecule has 5 aliphatic rings. The van der Waals surface area contributed by atoms with Crippen LogP contribution in [0.25, 0.3) is 0 Å². The summed E-state index contributed by atoms with van der Waals surface area (Å²) in [4.78, 5) is 0. The lowest BCUT2D eigenvalue weighted by Crippen LogP contribution is -2.66. The number of hydrogen-bond donors (Lipinski definition) is 1. The molecule has 5 fully saturated rings. The van der Waals surface area contributed by atoms with Gasteiger partial charge in [-0.05, 0) is 128 Å². The highest BCUT2D eigenvalue weighted by Gasteiger charge is 2.70. The van der Waals surface area contributed by atoms with Crippen LogP contribution in [0, 0.1) is 56.7 Å². The molecule has 1 heteroatoms. The lowest BCUT2D eigenvalue weighted by molar-refractivity contribution is -0.246. The first-order valence-corrected chi connectivity index (χ1v) is 13.6. The summed E-state index contributed by atoms with van der Waals surface area (Å²) in [6.07, 6.45) is 13.4. The van der Waals surface area contributed by atoms with E-state index in [0.717, 1.165) is 30.1 Å². The van der Waals surface area contributed by atoms with Crippen molar-refractivity contribution in [3.05, 3.63) is 12.2 Å².